The summed E-state index contributed by atoms with van der Waals surface area (Å²) in [4.78, 5) is 4.06. The summed E-state index contributed by atoms with van der Waals surface area (Å²) < 4.78 is 5.09. The van der Waals surface area contributed by atoms with Crippen LogP contribution in [-0.2, 0) is 4.74 Å². The molecule has 0 saturated carbocycles. The fourth-order valence-electron chi connectivity index (χ4n) is 0.991. The van der Waals surface area contributed by atoms with Crippen LogP contribution in [0.15, 0.2) is 4.99 Å². The van der Waals surface area contributed by atoms with E-state index in [1.807, 2.05) is 6.92 Å². The normalized spacial score (nSPS) is 33.8. The number of aliphatic imine (C=N–C) groups is 1. The molecule has 0 unspecified atom stereocenters. The molecule has 0 amide bonds. The molecule has 1 aliphatic heterocycles. The van der Waals surface area contributed by atoms with Gasteiger partial charge in [-0.15, -0.1) is 0 Å². The highest BCUT2D eigenvalue weighted by Crippen LogP contribution is 2.13. The molecule has 3 nitrogen and oxygen atoms in total. The van der Waals surface area contributed by atoms with Gasteiger partial charge in [-0.1, -0.05) is 6.92 Å². The minimum Gasteiger partial charge on any atom is -0.460 e. The van der Waals surface area contributed by atoms with E-state index in [1.54, 1.807) is 0 Å². The Balaban J connectivity index is 2.53. The predicted molar refractivity (Wildman–Crippen MR) is 36.2 cm³/mol. The first-order valence-corrected chi connectivity index (χ1v) is 3.24. The smallest absolute Gasteiger partial charge is 0.282 e. The fourth-order valence-corrected chi connectivity index (χ4v) is 0.991. The highest BCUT2D eigenvalue weighted by Gasteiger charge is 2.23. The van der Waals surface area contributed by atoms with Crippen molar-refractivity contribution in [2.24, 2.45) is 10.7 Å². The average Bonchev–Trinajstić information content (AvgIpc) is 2.10. The Morgan fingerprint density at radius 3 is 2.67 bits per heavy atom. The second-order valence-corrected chi connectivity index (χ2v) is 2.27. The Bertz CT molecular complexity index is 133. The Morgan fingerprint density at radius 1 is 1.78 bits per heavy atom. The monoisotopic (exact) mass is 128 g/mol. The summed E-state index contributed by atoms with van der Waals surface area (Å²) in [7, 11) is 0. The van der Waals surface area contributed by atoms with E-state index in [4.69, 9.17) is 10.5 Å². The van der Waals surface area contributed by atoms with E-state index < -0.39 is 0 Å². The van der Waals surface area contributed by atoms with Gasteiger partial charge in [-0.05, 0) is 13.3 Å². The van der Waals surface area contributed by atoms with Crippen molar-refractivity contribution in [1.82, 2.24) is 0 Å². The minimum absolute atomic E-state index is 0.176. The highest BCUT2D eigenvalue weighted by molar-refractivity contribution is 5.73. The molecule has 0 aromatic heterocycles. The van der Waals surface area contributed by atoms with Gasteiger partial charge in [0.1, 0.15) is 6.10 Å². The highest BCUT2D eigenvalue weighted by atomic mass is 16.5. The first kappa shape index (κ1) is 6.39. The van der Waals surface area contributed by atoms with Crippen LogP contribution in [0.5, 0.6) is 0 Å². The van der Waals surface area contributed by atoms with Crippen LogP contribution in [0.25, 0.3) is 0 Å². The SMILES string of the molecule is CC[C@H]1N=C(N)O[C@H]1C. The lowest BCUT2D eigenvalue weighted by Gasteiger charge is -2.07. The molecule has 3 heteroatoms. The van der Waals surface area contributed by atoms with Crippen molar-refractivity contribution in [2.45, 2.75) is 32.4 Å². The van der Waals surface area contributed by atoms with E-state index in [9.17, 15) is 0 Å². The van der Waals surface area contributed by atoms with E-state index >= 15 is 0 Å². The van der Waals surface area contributed by atoms with Gasteiger partial charge in [0, 0.05) is 0 Å². The topological polar surface area (TPSA) is 47.6 Å². The molecule has 2 atom stereocenters. The van der Waals surface area contributed by atoms with Crippen LogP contribution in [0.3, 0.4) is 0 Å². The van der Waals surface area contributed by atoms with Crippen molar-refractivity contribution in [3.63, 3.8) is 0 Å². The van der Waals surface area contributed by atoms with E-state index in [1.165, 1.54) is 0 Å². The van der Waals surface area contributed by atoms with E-state index in [-0.39, 0.29) is 12.1 Å². The maximum absolute atomic E-state index is 5.32. The molecule has 0 aliphatic carbocycles. The lowest BCUT2D eigenvalue weighted by molar-refractivity contribution is 0.207. The van der Waals surface area contributed by atoms with Gasteiger partial charge < -0.3 is 10.5 Å². The summed E-state index contributed by atoms with van der Waals surface area (Å²) in [6.07, 6.45) is 1.18. The molecule has 0 saturated heterocycles. The predicted octanol–water partition coefficient (Wildman–Crippen LogP) is 0.498. The van der Waals surface area contributed by atoms with Crippen molar-refractivity contribution in [3.05, 3.63) is 0 Å². The molecule has 0 aromatic rings. The molecule has 0 aromatic carbocycles. The van der Waals surface area contributed by atoms with Gasteiger partial charge >= 0.3 is 0 Å². The van der Waals surface area contributed by atoms with Gasteiger partial charge in [0.15, 0.2) is 0 Å². The maximum atomic E-state index is 5.32. The largest absolute Gasteiger partial charge is 0.460 e. The lowest BCUT2D eigenvalue weighted by atomic mass is 10.1. The van der Waals surface area contributed by atoms with Crippen molar-refractivity contribution in [1.29, 1.82) is 0 Å². The molecule has 0 bridgehead atoms. The third-order valence-corrected chi connectivity index (χ3v) is 1.56. The number of hydrogen-bond donors (Lipinski definition) is 1. The number of amidine groups is 1. The maximum Gasteiger partial charge on any atom is 0.282 e. The molecule has 1 aliphatic rings. The number of rotatable bonds is 1. The molecule has 0 radical (unpaired) electrons. The zero-order valence-corrected chi connectivity index (χ0v) is 5.79. The molecular formula is C6H12N2O. The van der Waals surface area contributed by atoms with Crippen molar-refractivity contribution < 1.29 is 4.74 Å². The standard InChI is InChI=1S/C6H12N2O/c1-3-5-4(2)9-6(7)8-5/h4-5H,3H2,1-2H3,(H2,7,8)/t4-,5+/m0/s1. The van der Waals surface area contributed by atoms with Crippen LogP contribution in [0.4, 0.5) is 0 Å². The van der Waals surface area contributed by atoms with E-state index in [2.05, 4.69) is 11.9 Å². The zero-order valence-electron chi connectivity index (χ0n) is 5.79. The first-order valence-electron chi connectivity index (χ1n) is 3.24. The fraction of sp³-hybridized carbons (Fsp3) is 0.833. The minimum atomic E-state index is 0.176. The summed E-state index contributed by atoms with van der Waals surface area (Å²) in [5, 5.41) is 0. The second kappa shape index (κ2) is 2.25. The lowest BCUT2D eigenvalue weighted by Crippen LogP contribution is -2.19. The Hall–Kier alpha value is -0.730. The van der Waals surface area contributed by atoms with Crippen LogP contribution in [0, 0.1) is 0 Å². The summed E-state index contributed by atoms with van der Waals surface area (Å²) in [6.45, 7) is 4.06. The van der Waals surface area contributed by atoms with Crippen LogP contribution < -0.4 is 5.73 Å². The van der Waals surface area contributed by atoms with E-state index in [0.29, 0.717) is 6.02 Å². The van der Waals surface area contributed by atoms with Crippen LogP contribution in [0.2, 0.25) is 0 Å². The van der Waals surface area contributed by atoms with Gasteiger partial charge in [0.2, 0.25) is 0 Å². The zero-order chi connectivity index (χ0) is 6.85. The van der Waals surface area contributed by atoms with Gasteiger partial charge in [-0.3, -0.25) is 0 Å². The Kier molecular flexibility index (Phi) is 1.60. The van der Waals surface area contributed by atoms with Crippen LogP contribution >= 0.6 is 0 Å². The quantitative estimate of drug-likeness (QED) is 0.559. The molecule has 9 heavy (non-hydrogen) atoms. The van der Waals surface area contributed by atoms with Crippen LogP contribution in [0.1, 0.15) is 20.3 Å². The van der Waals surface area contributed by atoms with Crippen molar-refractivity contribution in [2.75, 3.05) is 0 Å². The van der Waals surface area contributed by atoms with Crippen molar-refractivity contribution in [3.8, 4) is 0 Å². The molecular weight excluding hydrogens is 116 g/mol. The van der Waals surface area contributed by atoms with Gasteiger partial charge in [0.25, 0.3) is 6.02 Å². The first-order chi connectivity index (χ1) is 4.24. The molecule has 2 N–H and O–H groups in total. The number of nitrogens with zero attached hydrogens (tertiary/aromatic N) is 1. The second-order valence-electron chi connectivity index (χ2n) is 2.27. The van der Waals surface area contributed by atoms with Gasteiger partial charge in [-0.25, -0.2) is 4.99 Å². The Morgan fingerprint density at radius 2 is 2.44 bits per heavy atom. The third-order valence-electron chi connectivity index (χ3n) is 1.56. The molecule has 52 valence electrons. The van der Waals surface area contributed by atoms with Crippen LogP contribution in [-0.4, -0.2) is 18.2 Å². The van der Waals surface area contributed by atoms with Gasteiger partial charge in [-0.2, -0.15) is 0 Å². The summed E-state index contributed by atoms with van der Waals surface area (Å²) >= 11 is 0. The number of hydrogen-bond acceptors (Lipinski definition) is 3. The molecule has 1 rings (SSSR count). The Labute approximate surface area is 54.9 Å². The van der Waals surface area contributed by atoms with Gasteiger partial charge in [0.05, 0.1) is 6.04 Å². The molecule has 0 fully saturated rings. The molecule has 1 heterocycles. The molecule has 0 spiro atoms. The number of nitrogens with two attached hydrogens (primary N) is 1. The van der Waals surface area contributed by atoms with E-state index in [0.717, 1.165) is 6.42 Å². The third kappa shape index (κ3) is 1.15. The van der Waals surface area contributed by atoms with Crippen molar-refractivity contribution >= 4 is 6.02 Å². The number of ether oxygens (including phenoxy) is 1. The summed E-state index contributed by atoms with van der Waals surface area (Å²) in [5.41, 5.74) is 5.32. The summed E-state index contributed by atoms with van der Waals surface area (Å²) in [6, 6.07) is 0.624. The summed E-state index contributed by atoms with van der Waals surface area (Å²) in [5.74, 6) is 0. The average molecular weight is 128 g/mol.